The predicted octanol–water partition coefficient (Wildman–Crippen LogP) is 2.15. The number of rotatable bonds is 15. The maximum Gasteiger partial charge on any atom is 0.343 e. The number of hydrogen-bond donors (Lipinski definition) is 1. The molecule has 246 valence electrons. The van der Waals surface area contributed by atoms with E-state index in [9.17, 15) is 14.4 Å². The number of likely N-dealkylation sites (tertiary alicyclic amines) is 1. The fourth-order valence-electron chi connectivity index (χ4n) is 5.72. The Morgan fingerprint density at radius 2 is 1.87 bits per heavy atom. The third kappa shape index (κ3) is 8.17. The lowest BCUT2D eigenvalue weighted by atomic mass is 9.71. The number of thiazole rings is 1. The second-order valence-electron chi connectivity index (χ2n) is 12.0. The van der Waals surface area contributed by atoms with Gasteiger partial charge in [0.1, 0.15) is 23.8 Å². The standard InChI is InChI=1S/C31H43N5O8S/c1-31(2)16-24(35-18-21(19-35)28(38)33-17-22-6-4-5-8-43-22)34-27-25(31)26(37)23(20-36(27)30-32-7-15-45-30)29(39)44-14-13-42-12-11-41-10-9-40-3/h7,15-16,20-22,25H,4-6,8-14,17-19H2,1-3H3,(H,33,38). The van der Waals surface area contributed by atoms with E-state index in [1.165, 1.54) is 17.5 Å². The van der Waals surface area contributed by atoms with E-state index in [0.717, 1.165) is 25.9 Å². The van der Waals surface area contributed by atoms with Gasteiger partial charge in [0.2, 0.25) is 5.91 Å². The molecule has 5 rings (SSSR count). The number of aromatic nitrogens is 1. The van der Waals surface area contributed by atoms with Crippen LogP contribution in [-0.2, 0) is 38.1 Å². The van der Waals surface area contributed by atoms with E-state index >= 15 is 0 Å². The van der Waals surface area contributed by atoms with E-state index in [1.807, 2.05) is 30.2 Å². The summed E-state index contributed by atoms with van der Waals surface area (Å²) in [7, 11) is 1.61. The molecule has 0 aromatic carbocycles. The number of amides is 1. The molecule has 45 heavy (non-hydrogen) atoms. The molecule has 0 spiro atoms. The number of esters is 1. The fourth-order valence-corrected chi connectivity index (χ4v) is 6.35. The van der Waals surface area contributed by atoms with Crippen molar-refractivity contribution < 1.29 is 38.1 Å². The highest BCUT2D eigenvalue weighted by atomic mass is 32.1. The third-order valence-corrected chi connectivity index (χ3v) is 9.00. The van der Waals surface area contributed by atoms with Crippen molar-refractivity contribution in [1.82, 2.24) is 15.2 Å². The number of aliphatic imine (C=N–C) groups is 1. The Morgan fingerprint density at radius 3 is 2.56 bits per heavy atom. The molecule has 0 bridgehead atoms. The monoisotopic (exact) mass is 645 g/mol. The van der Waals surface area contributed by atoms with Crippen LogP contribution in [-0.4, -0.2) is 112 Å². The Labute approximate surface area is 267 Å². The van der Waals surface area contributed by atoms with Gasteiger partial charge in [0, 0.05) is 56.5 Å². The third-order valence-electron chi connectivity index (χ3n) is 8.23. The molecule has 2 unspecified atom stereocenters. The molecule has 1 aromatic heterocycles. The molecule has 14 heteroatoms. The molecule has 5 heterocycles. The van der Waals surface area contributed by atoms with Crippen LogP contribution in [0.5, 0.6) is 0 Å². The highest BCUT2D eigenvalue weighted by Crippen LogP contribution is 2.43. The highest BCUT2D eigenvalue weighted by molar-refractivity contribution is 7.13. The zero-order chi connectivity index (χ0) is 31.8. The molecule has 0 radical (unpaired) electrons. The number of anilines is 1. The number of allylic oxidation sites excluding steroid dienone is 1. The number of nitrogens with zero attached hydrogens (tertiary/aromatic N) is 4. The maximum absolute atomic E-state index is 13.8. The molecular weight excluding hydrogens is 602 g/mol. The summed E-state index contributed by atoms with van der Waals surface area (Å²) in [6, 6.07) is 0. The van der Waals surface area contributed by atoms with Crippen LogP contribution in [0.2, 0.25) is 0 Å². The normalized spacial score (nSPS) is 23.0. The van der Waals surface area contributed by atoms with Gasteiger partial charge in [0.05, 0.1) is 51.0 Å². The SMILES string of the molecule is COCCOCCOCCOC(=O)C1=CN(c2nccs2)C2=NC(N3CC(C(=O)NCC4CCCCO4)C3)=CC(C)(C)C2C1=O. The Kier molecular flexibility index (Phi) is 11.4. The van der Waals surface area contributed by atoms with Crippen LogP contribution in [0, 0.1) is 17.3 Å². The Morgan fingerprint density at radius 1 is 1.11 bits per heavy atom. The number of Topliss-reactive ketones (excluding diaryl/α,β-unsaturated/α-hetero) is 1. The summed E-state index contributed by atoms with van der Waals surface area (Å²) < 4.78 is 26.9. The van der Waals surface area contributed by atoms with Crippen molar-refractivity contribution in [2.75, 3.05) is 77.9 Å². The zero-order valence-corrected chi connectivity index (χ0v) is 27.0. The number of amidine groups is 1. The van der Waals surface area contributed by atoms with Crippen LogP contribution in [0.1, 0.15) is 33.1 Å². The van der Waals surface area contributed by atoms with Gasteiger partial charge in [-0.3, -0.25) is 14.5 Å². The van der Waals surface area contributed by atoms with E-state index in [2.05, 4.69) is 10.3 Å². The van der Waals surface area contributed by atoms with Crippen molar-refractivity contribution in [1.29, 1.82) is 0 Å². The number of nitrogens with one attached hydrogen (secondary N) is 1. The van der Waals surface area contributed by atoms with Gasteiger partial charge in [-0.1, -0.05) is 13.8 Å². The highest BCUT2D eigenvalue weighted by Gasteiger charge is 2.50. The smallest absolute Gasteiger partial charge is 0.343 e. The summed E-state index contributed by atoms with van der Waals surface area (Å²) in [5.74, 6) is -0.741. The molecule has 1 N–H and O–H groups in total. The molecule has 1 aromatic rings. The summed E-state index contributed by atoms with van der Waals surface area (Å²) in [4.78, 5) is 52.9. The molecule has 1 amide bonds. The summed E-state index contributed by atoms with van der Waals surface area (Å²) in [5.41, 5.74) is -0.749. The van der Waals surface area contributed by atoms with Gasteiger partial charge in [-0.05, 0) is 25.3 Å². The lowest BCUT2D eigenvalue weighted by Crippen LogP contribution is -2.56. The van der Waals surface area contributed by atoms with Crippen LogP contribution < -0.4 is 10.2 Å². The van der Waals surface area contributed by atoms with Crippen LogP contribution in [0.15, 0.2) is 40.2 Å². The van der Waals surface area contributed by atoms with Crippen molar-refractivity contribution in [3.63, 3.8) is 0 Å². The van der Waals surface area contributed by atoms with Gasteiger partial charge >= 0.3 is 5.97 Å². The van der Waals surface area contributed by atoms with Crippen molar-refractivity contribution in [2.24, 2.45) is 22.2 Å². The van der Waals surface area contributed by atoms with Gasteiger partial charge in [-0.25, -0.2) is 14.8 Å². The molecule has 4 aliphatic rings. The largest absolute Gasteiger partial charge is 0.460 e. The van der Waals surface area contributed by atoms with Crippen LogP contribution in [0.3, 0.4) is 0 Å². The molecule has 0 aliphatic carbocycles. The van der Waals surface area contributed by atoms with Gasteiger partial charge in [-0.2, -0.15) is 0 Å². The maximum atomic E-state index is 13.8. The van der Waals surface area contributed by atoms with E-state index < -0.39 is 17.3 Å². The fraction of sp³-hybridized carbons (Fsp3) is 0.645. The summed E-state index contributed by atoms with van der Waals surface area (Å²) in [6.45, 7) is 8.16. The Hall–Kier alpha value is -3.17. The van der Waals surface area contributed by atoms with Crippen LogP contribution in [0.4, 0.5) is 5.13 Å². The first kappa shape index (κ1) is 33.2. The van der Waals surface area contributed by atoms with Gasteiger partial charge in [0.15, 0.2) is 10.9 Å². The number of ether oxygens (including phenoxy) is 5. The minimum Gasteiger partial charge on any atom is -0.460 e. The van der Waals surface area contributed by atoms with Gasteiger partial charge < -0.3 is 33.9 Å². The topological polar surface area (TPSA) is 141 Å². The predicted molar refractivity (Wildman–Crippen MR) is 167 cm³/mol. The Balaban J connectivity index is 1.22. The number of ketones is 1. The summed E-state index contributed by atoms with van der Waals surface area (Å²) in [6.07, 6.45) is 8.36. The van der Waals surface area contributed by atoms with Crippen molar-refractivity contribution in [3.8, 4) is 0 Å². The summed E-state index contributed by atoms with van der Waals surface area (Å²) in [5, 5.41) is 5.45. The van der Waals surface area contributed by atoms with Crippen LogP contribution >= 0.6 is 11.3 Å². The first-order chi connectivity index (χ1) is 21.8. The first-order valence-corrected chi connectivity index (χ1v) is 16.4. The second-order valence-corrected chi connectivity index (χ2v) is 12.9. The molecule has 2 atom stereocenters. The molecule has 0 saturated carbocycles. The van der Waals surface area contributed by atoms with Gasteiger partial charge in [-0.15, -0.1) is 11.3 Å². The number of carbonyl (C=O) groups is 3. The van der Waals surface area contributed by atoms with E-state index in [-0.39, 0.29) is 42.5 Å². The van der Waals surface area contributed by atoms with E-state index in [4.69, 9.17) is 28.7 Å². The Bertz CT molecular complexity index is 1280. The zero-order valence-electron chi connectivity index (χ0n) is 26.2. The first-order valence-electron chi connectivity index (χ1n) is 15.5. The van der Waals surface area contributed by atoms with Crippen molar-refractivity contribution >= 4 is 40.0 Å². The lowest BCUT2D eigenvalue weighted by Gasteiger charge is -2.46. The molecule has 4 aliphatic heterocycles. The minimum absolute atomic E-state index is 0.00474. The number of hydrogen-bond acceptors (Lipinski definition) is 13. The number of fused-ring (bicyclic) bond motifs is 1. The van der Waals surface area contributed by atoms with Crippen molar-refractivity contribution in [2.45, 2.75) is 39.2 Å². The van der Waals surface area contributed by atoms with Gasteiger partial charge in [0.25, 0.3) is 0 Å². The molecule has 2 saturated heterocycles. The number of carbonyl (C=O) groups excluding carboxylic acids is 3. The van der Waals surface area contributed by atoms with E-state index in [1.54, 1.807) is 18.2 Å². The summed E-state index contributed by atoms with van der Waals surface area (Å²) >= 11 is 1.37. The average molecular weight is 646 g/mol. The molecular formula is C31H43N5O8S. The quantitative estimate of drug-likeness (QED) is 0.170. The van der Waals surface area contributed by atoms with E-state index in [0.29, 0.717) is 62.8 Å². The minimum atomic E-state index is -0.728. The lowest BCUT2D eigenvalue weighted by molar-refractivity contribution is -0.142. The number of methoxy groups -OCH3 is 1. The molecule has 2 fully saturated rings. The van der Waals surface area contributed by atoms with Crippen LogP contribution in [0.25, 0.3) is 0 Å². The second kappa shape index (κ2) is 15.4. The average Bonchev–Trinajstić information content (AvgIpc) is 3.53. The molecule has 13 nitrogen and oxygen atoms in total. The van der Waals surface area contributed by atoms with Crippen molar-refractivity contribution in [3.05, 3.63) is 35.2 Å².